The molecule has 2 heterocycles. The summed E-state index contributed by atoms with van der Waals surface area (Å²) in [6.45, 7) is 1.10. The van der Waals surface area contributed by atoms with E-state index in [1.807, 2.05) is 0 Å². The maximum Gasteiger partial charge on any atom is 0.491 e. The molecule has 0 amide bonds. The predicted octanol–water partition coefficient (Wildman–Crippen LogP) is -1.54. The third-order valence-electron chi connectivity index (χ3n) is 3.01. The van der Waals surface area contributed by atoms with Gasteiger partial charge in [-0.3, -0.25) is 4.79 Å². The third kappa shape index (κ3) is 2.77. The van der Waals surface area contributed by atoms with Gasteiger partial charge in [-0.05, 0) is 12.8 Å². The minimum atomic E-state index is -1.59. The number of hydrogen-bond donors (Lipinski definition) is 3. The second-order valence-electron chi connectivity index (χ2n) is 4.31. The van der Waals surface area contributed by atoms with E-state index >= 15 is 0 Å². The molecule has 3 N–H and O–H groups in total. The van der Waals surface area contributed by atoms with Gasteiger partial charge in [-0.25, -0.2) is 9.97 Å². The van der Waals surface area contributed by atoms with Crippen molar-refractivity contribution in [1.29, 1.82) is 0 Å². The summed E-state index contributed by atoms with van der Waals surface area (Å²) in [6.07, 6.45) is 4.11. The fraction of sp³-hybridized carbons (Fsp3) is 0.500. The Morgan fingerprint density at radius 3 is 2.61 bits per heavy atom. The molecule has 1 aliphatic rings. The Morgan fingerprint density at radius 2 is 2.06 bits per heavy atom. The van der Waals surface area contributed by atoms with E-state index in [0.717, 1.165) is 6.42 Å². The molecule has 0 spiro atoms. The lowest BCUT2D eigenvalue weighted by Crippen LogP contribution is -2.40. The molecule has 2 rings (SSSR count). The molecule has 1 atom stereocenters. The molecule has 1 fully saturated rings. The van der Waals surface area contributed by atoms with Gasteiger partial charge in [-0.15, -0.1) is 0 Å². The standard InChI is InChI=1S/C10H14BN3O4/c15-9(16)7-2-1-3-14(6-7)10-12-4-8(5-13-10)11(17)18/h4-5,7,17-18H,1-3,6H2,(H,15,16). The van der Waals surface area contributed by atoms with E-state index < -0.39 is 19.0 Å². The Bertz CT molecular complexity index is 426. The number of piperidine rings is 1. The number of hydrogen-bond acceptors (Lipinski definition) is 6. The molecule has 1 aromatic heterocycles. The average Bonchev–Trinajstić information content (AvgIpc) is 2.39. The maximum atomic E-state index is 10.9. The minimum Gasteiger partial charge on any atom is -0.481 e. The highest BCUT2D eigenvalue weighted by molar-refractivity contribution is 6.58. The highest BCUT2D eigenvalue weighted by Gasteiger charge is 2.26. The molecule has 0 saturated carbocycles. The van der Waals surface area contributed by atoms with E-state index in [4.69, 9.17) is 15.2 Å². The first-order chi connectivity index (χ1) is 8.58. The van der Waals surface area contributed by atoms with Gasteiger partial charge < -0.3 is 20.1 Å². The van der Waals surface area contributed by atoms with Gasteiger partial charge in [0, 0.05) is 30.9 Å². The number of aliphatic carboxylic acids is 1. The molecule has 8 heteroatoms. The van der Waals surface area contributed by atoms with Crippen LogP contribution in [0.4, 0.5) is 5.95 Å². The second kappa shape index (κ2) is 5.32. The average molecular weight is 251 g/mol. The Kier molecular flexibility index (Phi) is 3.78. The van der Waals surface area contributed by atoms with Gasteiger partial charge in [0.1, 0.15) is 0 Å². The van der Waals surface area contributed by atoms with Gasteiger partial charge in [0.15, 0.2) is 0 Å². The van der Waals surface area contributed by atoms with E-state index in [1.54, 1.807) is 4.90 Å². The Hall–Kier alpha value is -1.67. The first-order valence-corrected chi connectivity index (χ1v) is 5.73. The van der Waals surface area contributed by atoms with Crippen LogP contribution in [0.25, 0.3) is 0 Å². The molecule has 7 nitrogen and oxygen atoms in total. The summed E-state index contributed by atoms with van der Waals surface area (Å²) in [5.41, 5.74) is 0.213. The lowest BCUT2D eigenvalue weighted by atomic mass is 9.83. The molecular formula is C10H14BN3O4. The van der Waals surface area contributed by atoms with E-state index in [1.165, 1.54) is 12.4 Å². The molecule has 1 unspecified atom stereocenters. The van der Waals surface area contributed by atoms with Crippen LogP contribution >= 0.6 is 0 Å². The lowest BCUT2D eigenvalue weighted by molar-refractivity contribution is -0.141. The van der Waals surface area contributed by atoms with Crippen molar-refractivity contribution in [3.63, 3.8) is 0 Å². The molecule has 0 aliphatic carbocycles. The van der Waals surface area contributed by atoms with Crippen LogP contribution < -0.4 is 10.4 Å². The van der Waals surface area contributed by atoms with Gasteiger partial charge in [0.2, 0.25) is 5.95 Å². The smallest absolute Gasteiger partial charge is 0.481 e. The van der Waals surface area contributed by atoms with Crippen LogP contribution in [0, 0.1) is 5.92 Å². The Labute approximate surface area is 104 Å². The fourth-order valence-corrected chi connectivity index (χ4v) is 1.99. The largest absolute Gasteiger partial charge is 0.491 e. The molecule has 96 valence electrons. The second-order valence-corrected chi connectivity index (χ2v) is 4.31. The normalized spacial score (nSPS) is 19.7. The van der Waals surface area contributed by atoms with E-state index in [2.05, 4.69) is 9.97 Å². The van der Waals surface area contributed by atoms with Crippen LogP contribution in [0.2, 0.25) is 0 Å². The summed E-state index contributed by atoms with van der Waals surface area (Å²) in [7, 11) is -1.59. The van der Waals surface area contributed by atoms with Crippen molar-refractivity contribution in [2.24, 2.45) is 5.92 Å². The van der Waals surface area contributed by atoms with Crippen molar-refractivity contribution >= 4 is 24.5 Å². The highest BCUT2D eigenvalue weighted by Crippen LogP contribution is 2.19. The van der Waals surface area contributed by atoms with Crippen LogP contribution in [0.5, 0.6) is 0 Å². The van der Waals surface area contributed by atoms with Gasteiger partial charge >= 0.3 is 13.1 Å². The van der Waals surface area contributed by atoms with Crippen LogP contribution in [-0.4, -0.2) is 51.3 Å². The molecule has 1 saturated heterocycles. The zero-order valence-corrected chi connectivity index (χ0v) is 9.73. The number of carboxylic acids is 1. The summed E-state index contributed by atoms with van der Waals surface area (Å²) >= 11 is 0. The van der Waals surface area contributed by atoms with Gasteiger partial charge in [0.05, 0.1) is 5.92 Å². The predicted molar refractivity (Wildman–Crippen MR) is 64.4 cm³/mol. The number of aromatic nitrogens is 2. The number of nitrogens with zero attached hydrogens (tertiary/aromatic N) is 3. The monoisotopic (exact) mass is 251 g/mol. The molecular weight excluding hydrogens is 237 g/mol. The van der Waals surface area contributed by atoms with Gasteiger partial charge in [0.25, 0.3) is 0 Å². The van der Waals surface area contributed by atoms with Crippen molar-refractivity contribution < 1.29 is 19.9 Å². The molecule has 1 aliphatic heterocycles. The van der Waals surface area contributed by atoms with Crippen molar-refractivity contribution in [3.05, 3.63) is 12.4 Å². The Balaban J connectivity index is 2.09. The maximum absolute atomic E-state index is 10.9. The molecule has 1 aromatic rings. The number of carbonyl (C=O) groups is 1. The SMILES string of the molecule is O=C(O)C1CCCN(c2ncc(B(O)O)cn2)C1. The first kappa shape index (κ1) is 12.8. The number of carboxylic acid groups (broad SMARTS) is 1. The third-order valence-corrected chi connectivity index (χ3v) is 3.01. The van der Waals surface area contributed by atoms with Crippen molar-refractivity contribution in [1.82, 2.24) is 9.97 Å². The van der Waals surface area contributed by atoms with E-state index in [-0.39, 0.29) is 5.46 Å². The van der Waals surface area contributed by atoms with E-state index in [9.17, 15) is 4.79 Å². The van der Waals surface area contributed by atoms with Crippen LogP contribution in [-0.2, 0) is 4.79 Å². The molecule has 0 radical (unpaired) electrons. The quantitative estimate of drug-likeness (QED) is 0.558. The minimum absolute atomic E-state index is 0.213. The summed E-state index contributed by atoms with van der Waals surface area (Å²) < 4.78 is 0. The fourth-order valence-electron chi connectivity index (χ4n) is 1.99. The zero-order valence-electron chi connectivity index (χ0n) is 9.73. The summed E-state index contributed by atoms with van der Waals surface area (Å²) in [5.74, 6) is -0.780. The Morgan fingerprint density at radius 1 is 1.39 bits per heavy atom. The summed E-state index contributed by atoms with van der Waals surface area (Å²) in [4.78, 5) is 20.8. The summed E-state index contributed by atoms with van der Waals surface area (Å²) in [5, 5.41) is 26.8. The zero-order chi connectivity index (χ0) is 13.1. The molecule has 0 bridgehead atoms. The number of rotatable bonds is 3. The van der Waals surface area contributed by atoms with Crippen LogP contribution in [0.15, 0.2) is 12.4 Å². The topological polar surface area (TPSA) is 107 Å². The highest BCUT2D eigenvalue weighted by atomic mass is 16.4. The van der Waals surface area contributed by atoms with Crippen LogP contribution in [0.1, 0.15) is 12.8 Å². The first-order valence-electron chi connectivity index (χ1n) is 5.73. The molecule has 0 aromatic carbocycles. The van der Waals surface area contributed by atoms with Gasteiger partial charge in [-0.1, -0.05) is 0 Å². The van der Waals surface area contributed by atoms with Crippen molar-refractivity contribution in [2.45, 2.75) is 12.8 Å². The lowest BCUT2D eigenvalue weighted by Gasteiger charge is -2.30. The number of anilines is 1. The molecule has 18 heavy (non-hydrogen) atoms. The van der Waals surface area contributed by atoms with Crippen molar-refractivity contribution in [3.8, 4) is 0 Å². The van der Waals surface area contributed by atoms with E-state index in [0.29, 0.717) is 25.5 Å². The van der Waals surface area contributed by atoms with Gasteiger partial charge in [-0.2, -0.15) is 0 Å². The van der Waals surface area contributed by atoms with Crippen molar-refractivity contribution in [2.75, 3.05) is 18.0 Å². The van der Waals surface area contributed by atoms with Crippen LogP contribution in [0.3, 0.4) is 0 Å². The summed E-state index contributed by atoms with van der Waals surface area (Å²) in [6, 6.07) is 0.